The van der Waals surface area contributed by atoms with Gasteiger partial charge in [-0.15, -0.1) is 0 Å². The fourth-order valence-electron chi connectivity index (χ4n) is 1.02. The van der Waals surface area contributed by atoms with E-state index in [0.29, 0.717) is 18.1 Å². The van der Waals surface area contributed by atoms with E-state index in [9.17, 15) is 4.79 Å². The summed E-state index contributed by atoms with van der Waals surface area (Å²) >= 11 is 4.04. The third-order valence-electron chi connectivity index (χ3n) is 1.61. The lowest BCUT2D eigenvalue weighted by atomic mass is 10.4. The summed E-state index contributed by atoms with van der Waals surface area (Å²) in [5, 5.41) is 0. The van der Waals surface area contributed by atoms with E-state index in [0.717, 1.165) is 5.69 Å². The Balaban J connectivity index is 2.67. The standard InChI is InChI=1S/C10H13NO2S/c1-2-13-10(12)9-6-5-8(11-9)4-3-7-14/h3-6,11,14H,2,7H2,1H3. The Hall–Kier alpha value is -1.16. The summed E-state index contributed by atoms with van der Waals surface area (Å²) in [6.45, 7) is 2.17. The van der Waals surface area contributed by atoms with Gasteiger partial charge in [-0.25, -0.2) is 4.79 Å². The van der Waals surface area contributed by atoms with E-state index in [-0.39, 0.29) is 5.97 Å². The van der Waals surface area contributed by atoms with Crippen molar-refractivity contribution >= 4 is 24.7 Å². The van der Waals surface area contributed by atoms with E-state index in [1.165, 1.54) is 0 Å². The van der Waals surface area contributed by atoms with Gasteiger partial charge in [-0.1, -0.05) is 6.08 Å². The number of hydrogen-bond acceptors (Lipinski definition) is 3. The molecule has 0 spiro atoms. The van der Waals surface area contributed by atoms with Crippen LogP contribution in [0.15, 0.2) is 18.2 Å². The molecule has 0 radical (unpaired) electrons. The third kappa shape index (κ3) is 2.96. The SMILES string of the molecule is CCOC(=O)c1ccc(C=CCS)[nH]1. The fraction of sp³-hybridized carbons (Fsp3) is 0.300. The molecule has 0 aromatic carbocycles. The minimum absolute atomic E-state index is 0.321. The maximum atomic E-state index is 11.2. The second kappa shape index (κ2) is 5.54. The molecule has 1 rings (SSSR count). The highest BCUT2D eigenvalue weighted by Crippen LogP contribution is 2.05. The van der Waals surface area contributed by atoms with Crippen molar-refractivity contribution in [2.75, 3.05) is 12.4 Å². The van der Waals surface area contributed by atoms with E-state index in [4.69, 9.17) is 4.74 Å². The van der Waals surface area contributed by atoms with Gasteiger partial charge in [-0.2, -0.15) is 12.6 Å². The number of carbonyl (C=O) groups excluding carboxylic acids is 1. The number of rotatable bonds is 4. The minimum Gasteiger partial charge on any atom is -0.461 e. The Morgan fingerprint density at radius 3 is 3.07 bits per heavy atom. The monoisotopic (exact) mass is 211 g/mol. The summed E-state index contributed by atoms with van der Waals surface area (Å²) in [6.07, 6.45) is 3.76. The molecule has 4 heteroatoms. The summed E-state index contributed by atoms with van der Waals surface area (Å²) in [5.74, 6) is 0.353. The van der Waals surface area contributed by atoms with Gasteiger partial charge in [0.25, 0.3) is 0 Å². The number of ether oxygens (including phenoxy) is 1. The average Bonchev–Trinajstić information content (AvgIpc) is 2.63. The zero-order chi connectivity index (χ0) is 10.4. The van der Waals surface area contributed by atoms with Crippen molar-refractivity contribution in [2.45, 2.75) is 6.92 Å². The second-order valence-electron chi connectivity index (χ2n) is 2.63. The van der Waals surface area contributed by atoms with Crippen LogP contribution in [0.1, 0.15) is 23.1 Å². The maximum absolute atomic E-state index is 11.2. The molecule has 76 valence electrons. The van der Waals surface area contributed by atoms with Gasteiger partial charge < -0.3 is 9.72 Å². The number of nitrogens with one attached hydrogen (secondary N) is 1. The average molecular weight is 211 g/mol. The van der Waals surface area contributed by atoms with Gasteiger partial charge in [0, 0.05) is 11.4 Å². The molecule has 1 aromatic rings. The van der Waals surface area contributed by atoms with Crippen LogP contribution >= 0.6 is 12.6 Å². The summed E-state index contributed by atoms with van der Waals surface area (Å²) in [6, 6.07) is 3.53. The maximum Gasteiger partial charge on any atom is 0.354 e. The molecule has 0 aliphatic rings. The fourth-order valence-corrected chi connectivity index (χ4v) is 1.12. The number of esters is 1. The summed E-state index contributed by atoms with van der Waals surface area (Å²) in [5.41, 5.74) is 1.35. The Bertz CT molecular complexity index is 331. The summed E-state index contributed by atoms with van der Waals surface area (Å²) < 4.78 is 4.84. The molecule has 0 atom stereocenters. The van der Waals surface area contributed by atoms with Gasteiger partial charge in [0.1, 0.15) is 5.69 Å². The van der Waals surface area contributed by atoms with Crippen LogP contribution in [0.3, 0.4) is 0 Å². The highest BCUT2D eigenvalue weighted by atomic mass is 32.1. The van der Waals surface area contributed by atoms with Crippen molar-refractivity contribution in [3.8, 4) is 0 Å². The van der Waals surface area contributed by atoms with Gasteiger partial charge in [0.15, 0.2) is 0 Å². The molecule has 0 aliphatic heterocycles. The van der Waals surface area contributed by atoms with Crippen molar-refractivity contribution in [1.82, 2.24) is 4.98 Å². The van der Waals surface area contributed by atoms with Crippen LogP contribution in [0, 0.1) is 0 Å². The molecule has 1 aromatic heterocycles. The zero-order valence-electron chi connectivity index (χ0n) is 7.99. The van der Waals surface area contributed by atoms with E-state index in [1.54, 1.807) is 13.0 Å². The first-order valence-corrected chi connectivity index (χ1v) is 5.04. The molecule has 0 unspecified atom stereocenters. The normalized spacial score (nSPS) is 10.7. The second-order valence-corrected chi connectivity index (χ2v) is 3.00. The molecular formula is C10H13NO2S. The third-order valence-corrected chi connectivity index (χ3v) is 1.82. The molecule has 14 heavy (non-hydrogen) atoms. The molecule has 3 nitrogen and oxygen atoms in total. The first-order chi connectivity index (χ1) is 6.77. The quantitative estimate of drug-likeness (QED) is 0.592. The Labute approximate surface area is 88.6 Å². The van der Waals surface area contributed by atoms with Crippen LogP contribution in [0.2, 0.25) is 0 Å². The molecule has 0 saturated heterocycles. The topological polar surface area (TPSA) is 42.1 Å². The van der Waals surface area contributed by atoms with Crippen molar-refractivity contribution in [2.24, 2.45) is 0 Å². The highest BCUT2D eigenvalue weighted by Gasteiger charge is 2.07. The van der Waals surface area contributed by atoms with Gasteiger partial charge in [-0.05, 0) is 25.1 Å². The lowest BCUT2D eigenvalue weighted by Crippen LogP contribution is -2.04. The van der Waals surface area contributed by atoms with Crippen LogP contribution in [0.4, 0.5) is 0 Å². The van der Waals surface area contributed by atoms with Crippen molar-refractivity contribution in [1.29, 1.82) is 0 Å². The van der Waals surface area contributed by atoms with Gasteiger partial charge in [0.05, 0.1) is 6.61 Å². The Kier molecular flexibility index (Phi) is 4.32. The van der Waals surface area contributed by atoms with Gasteiger partial charge in [-0.3, -0.25) is 0 Å². The van der Waals surface area contributed by atoms with Crippen LogP contribution in [0.5, 0.6) is 0 Å². The Morgan fingerprint density at radius 1 is 1.64 bits per heavy atom. The van der Waals surface area contributed by atoms with E-state index in [1.807, 2.05) is 18.2 Å². The molecular weight excluding hydrogens is 198 g/mol. The van der Waals surface area contributed by atoms with Crippen molar-refractivity contribution < 1.29 is 9.53 Å². The van der Waals surface area contributed by atoms with Gasteiger partial charge >= 0.3 is 5.97 Å². The zero-order valence-corrected chi connectivity index (χ0v) is 8.88. The number of H-pyrrole nitrogens is 1. The van der Waals surface area contributed by atoms with Crippen molar-refractivity contribution in [3.63, 3.8) is 0 Å². The molecule has 1 heterocycles. The molecule has 0 amide bonds. The van der Waals surface area contributed by atoms with E-state index >= 15 is 0 Å². The number of aromatic amines is 1. The molecule has 0 bridgehead atoms. The highest BCUT2D eigenvalue weighted by molar-refractivity contribution is 7.80. The predicted octanol–water partition coefficient (Wildman–Crippen LogP) is 2.13. The van der Waals surface area contributed by atoms with E-state index in [2.05, 4.69) is 17.6 Å². The van der Waals surface area contributed by atoms with E-state index < -0.39 is 0 Å². The van der Waals surface area contributed by atoms with Crippen molar-refractivity contribution in [3.05, 3.63) is 29.6 Å². The number of hydrogen-bond donors (Lipinski definition) is 2. The largest absolute Gasteiger partial charge is 0.461 e. The molecule has 1 N–H and O–H groups in total. The summed E-state index contributed by atoms with van der Waals surface area (Å²) in [7, 11) is 0. The molecule has 0 fully saturated rings. The van der Waals surface area contributed by atoms with Crippen LogP contribution in [0.25, 0.3) is 6.08 Å². The first-order valence-electron chi connectivity index (χ1n) is 4.41. The predicted molar refractivity (Wildman–Crippen MR) is 59.6 cm³/mol. The Morgan fingerprint density at radius 2 is 2.43 bits per heavy atom. The minimum atomic E-state index is -0.321. The summed E-state index contributed by atoms with van der Waals surface area (Å²) in [4.78, 5) is 14.2. The lowest BCUT2D eigenvalue weighted by molar-refractivity contribution is 0.0520. The first kappa shape index (κ1) is 10.9. The van der Waals surface area contributed by atoms with Gasteiger partial charge in [0.2, 0.25) is 0 Å². The van der Waals surface area contributed by atoms with Crippen LogP contribution < -0.4 is 0 Å². The number of aromatic nitrogens is 1. The molecule has 0 aliphatic carbocycles. The van der Waals surface area contributed by atoms with Crippen LogP contribution in [-0.2, 0) is 4.74 Å². The van der Waals surface area contributed by atoms with Crippen LogP contribution in [-0.4, -0.2) is 23.3 Å². The number of carbonyl (C=O) groups is 1. The lowest BCUT2D eigenvalue weighted by Gasteiger charge is -1.97. The number of thiol groups is 1. The smallest absolute Gasteiger partial charge is 0.354 e. The molecule has 0 saturated carbocycles.